The SMILES string of the molecule is Cc1ccc(-c2nc(C(=O)NCc3ccc(-n4cccn4)nc3)cs2)o1. The molecule has 4 aromatic rings. The summed E-state index contributed by atoms with van der Waals surface area (Å²) >= 11 is 1.38. The predicted molar refractivity (Wildman–Crippen MR) is 97.1 cm³/mol. The van der Waals surface area contributed by atoms with Gasteiger partial charge in [-0.1, -0.05) is 6.07 Å². The fourth-order valence-corrected chi connectivity index (χ4v) is 3.13. The third-order valence-corrected chi connectivity index (χ3v) is 4.55. The summed E-state index contributed by atoms with van der Waals surface area (Å²) in [4.78, 5) is 21.0. The second kappa shape index (κ2) is 6.93. The molecule has 0 saturated carbocycles. The van der Waals surface area contributed by atoms with Crippen molar-refractivity contribution in [3.05, 3.63) is 71.3 Å². The van der Waals surface area contributed by atoms with Gasteiger partial charge in [0.2, 0.25) is 0 Å². The Morgan fingerprint density at radius 2 is 2.23 bits per heavy atom. The van der Waals surface area contributed by atoms with E-state index in [0.29, 0.717) is 23.0 Å². The van der Waals surface area contributed by atoms with E-state index in [4.69, 9.17) is 4.42 Å². The molecular weight excluding hydrogens is 350 g/mol. The number of rotatable bonds is 5. The van der Waals surface area contributed by atoms with Crippen LogP contribution in [0.3, 0.4) is 0 Å². The standard InChI is InChI=1S/C18H15N5O2S/c1-12-3-5-15(25-12)18-22-14(11-26-18)17(24)20-10-13-4-6-16(19-9-13)23-8-2-7-21-23/h2-9,11H,10H2,1H3,(H,20,24). The largest absolute Gasteiger partial charge is 0.459 e. The number of thiazole rings is 1. The monoisotopic (exact) mass is 365 g/mol. The van der Waals surface area contributed by atoms with Gasteiger partial charge in [-0.3, -0.25) is 4.79 Å². The molecule has 7 nitrogen and oxygen atoms in total. The van der Waals surface area contributed by atoms with Crippen LogP contribution in [0.4, 0.5) is 0 Å². The summed E-state index contributed by atoms with van der Waals surface area (Å²) in [6, 6.07) is 9.32. The second-order valence-corrected chi connectivity index (χ2v) is 6.46. The molecule has 4 aromatic heterocycles. The van der Waals surface area contributed by atoms with E-state index >= 15 is 0 Å². The number of carbonyl (C=O) groups is 1. The van der Waals surface area contributed by atoms with E-state index in [1.165, 1.54) is 11.3 Å². The maximum atomic E-state index is 12.3. The Balaban J connectivity index is 1.39. The van der Waals surface area contributed by atoms with Gasteiger partial charge in [-0.05, 0) is 36.8 Å². The Morgan fingerprint density at radius 1 is 1.31 bits per heavy atom. The van der Waals surface area contributed by atoms with Crippen LogP contribution in [0.2, 0.25) is 0 Å². The van der Waals surface area contributed by atoms with Crippen LogP contribution in [-0.2, 0) is 6.54 Å². The van der Waals surface area contributed by atoms with E-state index in [0.717, 1.165) is 17.1 Å². The molecule has 8 heteroatoms. The number of carbonyl (C=O) groups excluding carboxylic acids is 1. The molecule has 1 amide bonds. The first kappa shape index (κ1) is 16.2. The molecule has 26 heavy (non-hydrogen) atoms. The van der Waals surface area contributed by atoms with Crippen LogP contribution < -0.4 is 5.32 Å². The van der Waals surface area contributed by atoms with Crippen molar-refractivity contribution >= 4 is 17.2 Å². The molecule has 0 aliphatic carbocycles. The molecule has 0 atom stereocenters. The molecule has 0 unspecified atom stereocenters. The molecular formula is C18H15N5O2S. The van der Waals surface area contributed by atoms with Gasteiger partial charge in [0.05, 0.1) is 0 Å². The first-order valence-corrected chi connectivity index (χ1v) is 8.82. The summed E-state index contributed by atoms with van der Waals surface area (Å²) in [6.07, 6.45) is 5.24. The number of aryl methyl sites for hydroxylation is 1. The number of amides is 1. The summed E-state index contributed by atoms with van der Waals surface area (Å²) in [6.45, 7) is 2.24. The molecule has 1 N–H and O–H groups in total. The van der Waals surface area contributed by atoms with E-state index in [-0.39, 0.29) is 5.91 Å². The van der Waals surface area contributed by atoms with Gasteiger partial charge in [0.25, 0.3) is 5.91 Å². The van der Waals surface area contributed by atoms with E-state index in [9.17, 15) is 4.79 Å². The van der Waals surface area contributed by atoms with E-state index in [1.807, 2.05) is 43.5 Å². The van der Waals surface area contributed by atoms with Crippen LogP contribution in [0.25, 0.3) is 16.6 Å². The lowest BCUT2D eigenvalue weighted by atomic mass is 10.2. The van der Waals surface area contributed by atoms with Crippen LogP contribution in [0.5, 0.6) is 0 Å². The molecule has 0 aliphatic heterocycles. The highest BCUT2D eigenvalue weighted by Crippen LogP contribution is 2.25. The first-order valence-electron chi connectivity index (χ1n) is 7.94. The molecule has 130 valence electrons. The lowest BCUT2D eigenvalue weighted by Crippen LogP contribution is -2.23. The van der Waals surface area contributed by atoms with Gasteiger partial charge in [-0.15, -0.1) is 11.3 Å². The minimum atomic E-state index is -0.230. The first-order chi connectivity index (χ1) is 12.7. The maximum Gasteiger partial charge on any atom is 0.271 e. The van der Waals surface area contributed by atoms with E-state index < -0.39 is 0 Å². The molecule has 0 fully saturated rings. The molecule has 0 bridgehead atoms. The van der Waals surface area contributed by atoms with Crippen molar-refractivity contribution in [2.75, 3.05) is 0 Å². The van der Waals surface area contributed by atoms with Gasteiger partial charge in [0.1, 0.15) is 11.5 Å². The van der Waals surface area contributed by atoms with Gasteiger partial charge in [0, 0.05) is 30.5 Å². The van der Waals surface area contributed by atoms with Crippen molar-refractivity contribution in [1.82, 2.24) is 25.1 Å². The van der Waals surface area contributed by atoms with E-state index in [1.54, 1.807) is 22.5 Å². The fraction of sp³-hybridized carbons (Fsp3) is 0.111. The maximum absolute atomic E-state index is 12.3. The van der Waals surface area contributed by atoms with Crippen LogP contribution in [0.15, 0.2) is 58.7 Å². The highest BCUT2D eigenvalue weighted by Gasteiger charge is 2.13. The molecule has 0 spiro atoms. The Bertz CT molecular complexity index is 1020. The van der Waals surface area contributed by atoms with Crippen LogP contribution in [0.1, 0.15) is 21.8 Å². The van der Waals surface area contributed by atoms with Gasteiger partial charge < -0.3 is 9.73 Å². The Labute approximate surface area is 153 Å². The van der Waals surface area contributed by atoms with Crippen LogP contribution in [-0.4, -0.2) is 25.7 Å². The zero-order valence-corrected chi connectivity index (χ0v) is 14.7. The molecule has 0 aliphatic rings. The lowest BCUT2D eigenvalue weighted by Gasteiger charge is -2.05. The van der Waals surface area contributed by atoms with Gasteiger partial charge in [0.15, 0.2) is 16.6 Å². The summed E-state index contributed by atoms with van der Waals surface area (Å²) < 4.78 is 7.21. The molecule has 4 rings (SSSR count). The molecule has 4 heterocycles. The number of nitrogens with zero attached hydrogens (tertiary/aromatic N) is 4. The Kier molecular flexibility index (Phi) is 4.32. The lowest BCUT2D eigenvalue weighted by molar-refractivity contribution is 0.0946. The third-order valence-electron chi connectivity index (χ3n) is 3.69. The number of hydrogen-bond donors (Lipinski definition) is 1. The smallest absolute Gasteiger partial charge is 0.271 e. The van der Waals surface area contributed by atoms with Crippen molar-refractivity contribution < 1.29 is 9.21 Å². The van der Waals surface area contributed by atoms with Crippen molar-refractivity contribution in [3.63, 3.8) is 0 Å². The van der Waals surface area contributed by atoms with E-state index in [2.05, 4.69) is 20.4 Å². The number of pyridine rings is 1. The molecule has 0 saturated heterocycles. The topological polar surface area (TPSA) is 85.8 Å². The fourth-order valence-electron chi connectivity index (χ4n) is 2.37. The number of furan rings is 1. The van der Waals surface area contributed by atoms with Crippen molar-refractivity contribution in [2.24, 2.45) is 0 Å². The van der Waals surface area contributed by atoms with Crippen LogP contribution >= 0.6 is 11.3 Å². The number of hydrogen-bond acceptors (Lipinski definition) is 6. The summed E-state index contributed by atoms with van der Waals surface area (Å²) in [7, 11) is 0. The summed E-state index contributed by atoms with van der Waals surface area (Å²) in [5.41, 5.74) is 1.27. The Hall–Kier alpha value is -3.26. The quantitative estimate of drug-likeness (QED) is 0.587. The van der Waals surface area contributed by atoms with Gasteiger partial charge in [-0.2, -0.15) is 5.10 Å². The number of aromatic nitrogens is 4. The minimum Gasteiger partial charge on any atom is -0.459 e. The average Bonchev–Trinajstić information content (AvgIpc) is 3.41. The van der Waals surface area contributed by atoms with Crippen molar-refractivity contribution in [2.45, 2.75) is 13.5 Å². The van der Waals surface area contributed by atoms with Crippen LogP contribution in [0, 0.1) is 6.92 Å². The number of nitrogens with one attached hydrogen (secondary N) is 1. The van der Waals surface area contributed by atoms with Gasteiger partial charge in [-0.25, -0.2) is 14.6 Å². The Morgan fingerprint density at radius 3 is 2.92 bits per heavy atom. The van der Waals surface area contributed by atoms with Crippen molar-refractivity contribution in [1.29, 1.82) is 0 Å². The molecule has 0 aromatic carbocycles. The predicted octanol–water partition coefficient (Wildman–Crippen LogP) is 3.22. The third kappa shape index (κ3) is 3.40. The zero-order valence-electron chi connectivity index (χ0n) is 13.9. The minimum absolute atomic E-state index is 0.230. The summed E-state index contributed by atoms with van der Waals surface area (Å²) in [5.74, 6) is 1.98. The zero-order chi connectivity index (χ0) is 17.9. The average molecular weight is 365 g/mol. The highest BCUT2D eigenvalue weighted by molar-refractivity contribution is 7.13. The molecule has 0 radical (unpaired) electrons. The summed E-state index contributed by atoms with van der Waals surface area (Å²) in [5, 5.41) is 9.39. The highest BCUT2D eigenvalue weighted by atomic mass is 32.1. The van der Waals surface area contributed by atoms with Gasteiger partial charge >= 0.3 is 0 Å². The normalized spacial score (nSPS) is 10.8. The van der Waals surface area contributed by atoms with Crippen molar-refractivity contribution in [3.8, 4) is 16.6 Å². The second-order valence-electron chi connectivity index (χ2n) is 5.61.